The van der Waals surface area contributed by atoms with Gasteiger partial charge < -0.3 is 15.0 Å². The Morgan fingerprint density at radius 2 is 2.09 bits per heavy atom. The molecule has 1 N–H and O–H groups in total. The first kappa shape index (κ1) is 17.8. The molecule has 1 aromatic rings. The molecule has 1 saturated heterocycles. The van der Waals surface area contributed by atoms with Crippen molar-refractivity contribution in [2.45, 2.75) is 58.5 Å². The van der Waals surface area contributed by atoms with Gasteiger partial charge in [0.1, 0.15) is 0 Å². The summed E-state index contributed by atoms with van der Waals surface area (Å²) in [5.74, 6) is 0. The number of hydrogen-bond donors (Lipinski definition) is 1. The minimum absolute atomic E-state index is 0.0163. The molecule has 128 valence electrons. The highest BCUT2D eigenvalue weighted by Crippen LogP contribution is 2.34. The predicted molar refractivity (Wildman–Crippen MR) is 93.6 cm³/mol. The van der Waals surface area contributed by atoms with Crippen molar-refractivity contribution >= 4 is 6.03 Å². The van der Waals surface area contributed by atoms with Crippen molar-refractivity contribution in [2.24, 2.45) is 0 Å². The van der Waals surface area contributed by atoms with Crippen LogP contribution in [-0.4, -0.2) is 36.2 Å². The molecule has 1 fully saturated rings. The van der Waals surface area contributed by atoms with Gasteiger partial charge >= 0.3 is 6.03 Å². The van der Waals surface area contributed by atoms with E-state index in [9.17, 15) is 4.79 Å². The Balaban J connectivity index is 2.19. The quantitative estimate of drug-likeness (QED) is 0.832. The third-order valence-corrected chi connectivity index (χ3v) is 4.52. The van der Waals surface area contributed by atoms with Crippen LogP contribution in [0.3, 0.4) is 0 Å². The van der Waals surface area contributed by atoms with Crippen molar-refractivity contribution in [3.63, 3.8) is 0 Å². The van der Waals surface area contributed by atoms with E-state index in [4.69, 9.17) is 4.74 Å². The number of benzene rings is 1. The molecule has 1 aromatic carbocycles. The van der Waals surface area contributed by atoms with Gasteiger partial charge in [0.25, 0.3) is 0 Å². The molecule has 2 rings (SSSR count). The number of carbonyl (C=O) groups excluding carboxylic acids is 1. The molecule has 0 aliphatic carbocycles. The minimum Gasteiger partial charge on any atom is -0.377 e. The highest BCUT2D eigenvalue weighted by Gasteiger charge is 2.41. The van der Waals surface area contributed by atoms with Crippen LogP contribution >= 0.6 is 0 Å². The van der Waals surface area contributed by atoms with Crippen LogP contribution in [0.15, 0.2) is 24.3 Å². The predicted octanol–water partition coefficient (Wildman–Crippen LogP) is 4.05. The summed E-state index contributed by atoms with van der Waals surface area (Å²) in [5.41, 5.74) is 2.05. The maximum atomic E-state index is 12.8. The van der Waals surface area contributed by atoms with Crippen molar-refractivity contribution in [3.8, 4) is 0 Å². The topological polar surface area (TPSA) is 41.6 Å². The summed E-state index contributed by atoms with van der Waals surface area (Å²) in [6.45, 7) is 10.3. The van der Waals surface area contributed by atoms with Gasteiger partial charge in [0.2, 0.25) is 0 Å². The van der Waals surface area contributed by atoms with Gasteiger partial charge in [-0.1, -0.05) is 44.0 Å². The molecule has 1 aliphatic rings. The SMILES string of the molecule is CCCCCNC(=O)N1C(c2ccccc2C)COCC1(C)C. The Morgan fingerprint density at radius 1 is 1.35 bits per heavy atom. The molecule has 23 heavy (non-hydrogen) atoms. The summed E-state index contributed by atoms with van der Waals surface area (Å²) in [4.78, 5) is 14.8. The number of nitrogens with one attached hydrogen (secondary N) is 1. The Labute approximate surface area is 140 Å². The largest absolute Gasteiger partial charge is 0.377 e. The highest BCUT2D eigenvalue weighted by atomic mass is 16.5. The van der Waals surface area contributed by atoms with Crippen molar-refractivity contribution in [1.82, 2.24) is 10.2 Å². The first-order valence-corrected chi connectivity index (χ1v) is 8.68. The van der Waals surface area contributed by atoms with Crippen LogP contribution in [0.25, 0.3) is 0 Å². The van der Waals surface area contributed by atoms with Gasteiger partial charge in [-0.15, -0.1) is 0 Å². The van der Waals surface area contributed by atoms with E-state index < -0.39 is 0 Å². The van der Waals surface area contributed by atoms with E-state index in [0.717, 1.165) is 25.8 Å². The van der Waals surface area contributed by atoms with E-state index >= 15 is 0 Å². The molecule has 0 radical (unpaired) electrons. The smallest absolute Gasteiger partial charge is 0.318 e. The number of nitrogens with zero attached hydrogens (tertiary/aromatic N) is 1. The van der Waals surface area contributed by atoms with E-state index in [1.54, 1.807) is 0 Å². The average Bonchev–Trinajstić information content (AvgIpc) is 2.51. The zero-order valence-corrected chi connectivity index (χ0v) is 14.9. The summed E-state index contributed by atoms with van der Waals surface area (Å²) in [6, 6.07) is 8.23. The summed E-state index contributed by atoms with van der Waals surface area (Å²) in [5, 5.41) is 3.09. The molecule has 4 nitrogen and oxygen atoms in total. The Bertz CT molecular complexity index is 528. The van der Waals surface area contributed by atoms with Gasteiger partial charge in [-0.05, 0) is 38.3 Å². The summed E-state index contributed by atoms with van der Waals surface area (Å²) in [6.07, 6.45) is 3.33. The van der Waals surface area contributed by atoms with E-state index in [1.807, 2.05) is 17.0 Å². The highest BCUT2D eigenvalue weighted by molar-refractivity contribution is 5.76. The van der Waals surface area contributed by atoms with Crippen molar-refractivity contribution in [3.05, 3.63) is 35.4 Å². The average molecular weight is 318 g/mol. The number of rotatable bonds is 5. The number of morpholine rings is 1. The van der Waals surface area contributed by atoms with Gasteiger partial charge in [0, 0.05) is 6.54 Å². The van der Waals surface area contributed by atoms with Crippen molar-refractivity contribution in [2.75, 3.05) is 19.8 Å². The second kappa shape index (κ2) is 7.82. The van der Waals surface area contributed by atoms with E-state index in [0.29, 0.717) is 13.2 Å². The molecule has 4 heteroatoms. The number of hydrogen-bond acceptors (Lipinski definition) is 2. The first-order chi connectivity index (χ1) is 11.0. The van der Waals surface area contributed by atoms with Gasteiger partial charge in [-0.25, -0.2) is 4.79 Å². The molecule has 0 saturated carbocycles. The van der Waals surface area contributed by atoms with Gasteiger partial charge in [0.05, 0.1) is 24.8 Å². The maximum Gasteiger partial charge on any atom is 0.318 e. The monoisotopic (exact) mass is 318 g/mol. The Kier molecular flexibility index (Phi) is 6.05. The van der Waals surface area contributed by atoms with Gasteiger partial charge in [-0.3, -0.25) is 0 Å². The third-order valence-electron chi connectivity index (χ3n) is 4.52. The molecular formula is C19H30N2O2. The van der Waals surface area contributed by atoms with E-state index in [1.165, 1.54) is 11.1 Å². The lowest BCUT2D eigenvalue weighted by Crippen LogP contribution is -2.59. The zero-order chi connectivity index (χ0) is 16.9. The minimum atomic E-state index is -0.319. The maximum absolute atomic E-state index is 12.8. The summed E-state index contributed by atoms with van der Waals surface area (Å²) in [7, 11) is 0. The molecular weight excluding hydrogens is 288 g/mol. The fraction of sp³-hybridized carbons (Fsp3) is 0.632. The van der Waals surface area contributed by atoms with Crippen LogP contribution in [0.1, 0.15) is 57.2 Å². The number of amides is 2. The molecule has 0 bridgehead atoms. The lowest BCUT2D eigenvalue weighted by Gasteiger charge is -2.47. The van der Waals surface area contributed by atoms with Crippen molar-refractivity contribution in [1.29, 1.82) is 0 Å². The van der Waals surface area contributed by atoms with Crippen LogP contribution in [0.2, 0.25) is 0 Å². The lowest BCUT2D eigenvalue weighted by molar-refractivity contribution is -0.0657. The van der Waals surface area contributed by atoms with E-state index in [2.05, 4.69) is 45.1 Å². The molecule has 1 aliphatic heterocycles. The summed E-state index contributed by atoms with van der Waals surface area (Å²) >= 11 is 0. The van der Waals surface area contributed by atoms with Crippen LogP contribution in [0.5, 0.6) is 0 Å². The summed E-state index contributed by atoms with van der Waals surface area (Å²) < 4.78 is 5.81. The number of aryl methyl sites for hydroxylation is 1. The first-order valence-electron chi connectivity index (χ1n) is 8.68. The molecule has 2 amide bonds. The second-order valence-electron chi connectivity index (χ2n) is 7.01. The second-order valence-corrected chi connectivity index (χ2v) is 7.01. The van der Waals surface area contributed by atoms with Crippen LogP contribution < -0.4 is 5.32 Å². The number of unbranched alkanes of at least 4 members (excludes halogenated alkanes) is 2. The van der Waals surface area contributed by atoms with Gasteiger partial charge in [0.15, 0.2) is 0 Å². The molecule has 1 unspecified atom stereocenters. The van der Waals surface area contributed by atoms with Crippen LogP contribution in [0, 0.1) is 6.92 Å². The fourth-order valence-electron chi connectivity index (χ4n) is 3.25. The fourth-order valence-corrected chi connectivity index (χ4v) is 3.25. The van der Waals surface area contributed by atoms with Crippen LogP contribution in [-0.2, 0) is 4.74 Å². The standard InChI is InChI=1S/C19H30N2O2/c1-5-6-9-12-20-18(22)21-17(13-23-14-19(21,3)4)16-11-8-7-10-15(16)2/h7-8,10-11,17H,5-6,9,12-14H2,1-4H3,(H,20,22). The number of carbonyl (C=O) groups is 1. The molecule has 1 heterocycles. The zero-order valence-electron chi connectivity index (χ0n) is 14.9. The Hall–Kier alpha value is -1.55. The number of ether oxygens (including phenoxy) is 1. The van der Waals surface area contributed by atoms with E-state index in [-0.39, 0.29) is 17.6 Å². The molecule has 0 spiro atoms. The third kappa shape index (κ3) is 4.25. The van der Waals surface area contributed by atoms with Crippen molar-refractivity contribution < 1.29 is 9.53 Å². The number of urea groups is 1. The van der Waals surface area contributed by atoms with Gasteiger partial charge in [-0.2, -0.15) is 0 Å². The molecule has 1 atom stereocenters. The van der Waals surface area contributed by atoms with Crippen LogP contribution in [0.4, 0.5) is 4.79 Å². The lowest BCUT2D eigenvalue weighted by atomic mass is 9.93. The Morgan fingerprint density at radius 3 is 2.78 bits per heavy atom. The molecule has 0 aromatic heterocycles. The normalized spacial score (nSPS) is 20.3.